The Morgan fingerprint density at radius 2 is 0.907 bits per heavy atom. The first kappa shape index (κ1) is 29.5. The van der Waals surface area contributed by atoms with Crippen molar-refractivity contribution in [3.63, 3.8) is 0 Å². The zero-order valence-electron chi connectivity index (χ0n) is 22.0. The fraction of sp³-hybridized carbons (Fsp3) is 0. The number of aliphatic imine (C=N–C) groups is 2. The molecule has 9 heteroatoms. The molecule has 6 rings (SSSR count). The first-order valence-corrected chi connectivity index (χ1v) is 12.8. The van der Waals surface area contributed by atoms with Gasteiger partial charge in [0.2, 0.25) is 0 Å². The molecule has 0 amide bonds. The third-order valence-corrected chi connectivity index (χ3v) is 6.86. The molecule has 0 aliphatic heterocycles. The molecule has 0 heterocycles. The number of hydrogen-bond acceptors (Lipinski definition) is 4. The van der Waals surface area contributed by atoms with Crippen molar-refractivity contribution in [1.82, 2.24) is 0 Å². The second-order valence-corrected chi connectivity index (χ2v) is 9.53. The van der Waals surface area contributed by atoms with Gasteiger partial charge in [-0.3, -0.25) is 9.98 Å². The molecule has 2 N–H and O–H groups in total. The molecular formula is C34H20CoF4N2O2. The van der Waals surface area contributed by atoms with Crippen molar-refractivity contribution < 1.29 is 44.6 Å². The molecule has 1 radical (unpaired) electrons. The first-order chi connectivity index (χ1) is 20.3. The Balaban J connectivity index is 0.00000368. The van der Waals surface area contributed by atoms with E-state index in [-0.39, 0.29) is 27.9 Å². The molecule has 0 unspecified atom stereocenters. The van der Waals surface area contributed by atoms with Crippen LogP contribution in [0.5, 0.6) is 11.5 Å². The van der Waals surface area contributed by atoms with Crippen molar-refractivity contribution >= 4 is 45.3 Å². The first-order valence-electron chi connectivity index (χ1n) is 12.8. The topological polar surface area (TPSA) is 65.2 Å². The monoisotopic (exact) mass is 623 g/mol. The molecule has 4 nitrogen and oxygen atoms in total. The average molecular weight is 623 g/mol. The van der Waals surface area contributed by atoms with E-state index in [1.165, 1.54) is 12.4 Å². The largest absolute Gasteiger partial charge is 0.504 e. The van der Waals surface area contributed by atoms with Gasteiger partial charge < -0.3 is 10.2 Å². The van der Waals surface area contributed by atoms with Gasteiger partial charge in [-0.05, 0) is 45.8 Å². The van der Waals surface area contributed by atoms with Crippen molar-refractivity contribution in [2.45, 2.75) is 0 Å². The van der Waals surface area contributed by atoms with Crippen LogP contribution < -0.4 is 0 Å². The van der Waals surface area contributed by atoms with Crippen LogP contribution in [-0.2, 0) is 16.8 Å². The Bertz CT molecular complexity index is 1930. The summed E-state index contributed by atoms with van der Waals surface area (Å²) in [4.78, 5) is 9.08. The summed E-state index contributed by atoms with van der Waals surface area (Å²) in [5.41, 5.74) is 1.77. The van der Waals surface area contributed by atoms with Crippen molar-refractivity contribution in [3.05, 3.63) is 131 Å². The second-order valence-electron chi connectivity index (χ2n) is 9.53. The Kier molecular flexibility index (Phi) is 8.29. The summed E-state index contributed by atoms with van der Waals surface area (Å²) in [6.45, 7) is 0. The number of rotatable bonds is 5. The summed E-state index contributed by atoms with van der Waals surface area (Å²) in [5.74, 6) is -5.43. The van der Waals surface area contributed by atoms with Crippen molar-refractivity contribution in [1.29, 1.82) is 0 Å². The van der Waals surface area contributed by atoms with Crippen molar-refractivity contribution in [2.75, 3.05) is 0 Å². The number of nitrogens with zero attached hydrogens (tertiary/aromatic N) is 2. The molecule has 215 valence electrons. The maximum Gasteiger partial charge on any atom is 0.168 e. The molecule has 0 bridgehead atoms. The average Bonchev–Trinajstić information content (AvgIpc) is 2.98. The van der Waals surface area contributed by atoms with Crippen LogP contribution in [0.2, 0.25) is 0 Å². The van der Waals surface area contributed by atoms with Gasteiger partial charge in [0, 0.05) is 63.6 Å². The molecule has 0 aliphatic rings. The molecule has 0 saturated heterocycles. The zero-order valence-corrected chi connectivity index (χ0v) is 23.1. The van der Waals surface area contributed by atoms with Gasteiger partial charge in [-0.25, -0.2) is 17.6 Å². The van der Waals surface area contributed by atoms with Gasteiger partial charge in [0.25, 0.3) is 0 Å². The van der Waals surface area contributed by atoms with Crippen LogP contribution in [-0.4, -0.2) is 22.6 Å². The maximum atomic E-state index is 14.0. The van der Waals surface area contributed by atoms with Crippen LogP contribution in [0, 0.1) is 23.3 Å². The van der Waals surface area contributed by atoms with Gasteiger partial charge in [0.15, 0.2) is 23.1 Å². The Labute approximate surface area is 253 Å². The summed E-state index contributed by atoms with van der Waals surface area (Å²) in [5, 5.41) is 23.6. The van der Waals surface area contributed by atoms with Crippen molar-refractivity contribution in [3.8, 4) is 22.6 Å². The van der Waals surface area contributed by atoms with Gasteiger partial charge in [0.05, 0.1) is 11.4 Å². The standard InChI is InChI=1S/C34H20F4N2O2.Co/c35-23-13-21(33(41)27(37)15-23)17-39-29-11-9-19-5-1-3-7-25(19)31(29)32-26-8-4-2-6-20(26)10-12-30(32)40-18-22-14-24(36)16-28(38)34(22)42;/h1-18,41-42H;. The number of benzene rings is 6. The molecule has 0 aromatic heterocycles. The van der Waals surface area contributed by atoms with E-state index in [4.69, 9.17) is 0 Å². The summed E-state index contributed by atoms with van der Waals surface area (Å²) < 4.78 is 55.9. The van der Waals surface area contributed by atoms with Crippen LogP contribution in [0.25, 0.3) is 32.7 Å². The molecule has 0 spiro atoms. The molecular weight excluding hydrogens is 603 g/mol. The van der Waals surface area contributed by atoms with Gasteiger partial charge in [-0.1, -0.05) is 60.7 Å². The van der Waals surface area contributed by atoms with E-state index in [0.717, 1.165) is 33.7 Å². The van der Waals surface area contributed by atoms with E-state index < -0.39 is 34.8 Å². The summed E-state index contributed by atoms with van der Waals surface area (Å²) in [7, 11) is 0. The van der Waals surface area contributed by atoms with Crippen LogP contribution in [0.4, 0.5) is 28.9 Å². The predicted octanol–water partition coefficient (Wildman–Crippen LogP) is 9.13. The second kappa shape index (κ2) is 12.1. The van der Waals surface area contributed by atoms with E-state index in [1.807, 2.05) is 60.7 Å². The van der Waals surface area contributed by atoms with Crippen LogP contribution >= 0.6 is 0 Å². The number of halogens is 4. The Morgan fingerprint density at radius 3 is 1.33 bits per heavy atom. The predicted molar refractivity (Wildman–Crippen MR) is 157 cm³/mol. The number of phenols is 2. The van der Waals surface area contributed by atoms with E-state index >= 15 is 0 Å². The fourth-order valence-corrected chi connectivity index (χ4v) is 4.91. The van der Waals surface area contributed by atoms with Gasteiger partial charge >= 0.3 is 0 Å². The minimum atomic E-state index is -1.11. The Hall–Kier alpha value is -4.99. The maximum absolute atomic E-state index is 14.0. The minimum absolute atomic E-state index is 0. The van der Waals surface area contributed by atoms with Crippen LogP contribution in [0.1, 0.15) is 11.1 Å². The van der Waals surface area contributed by atoms with E-state index in [9.17, 15) is 27.8 Å². The quantitative estimate of drug-likeness (QED) is 0.149. The summed E-state index contributed by atoms with van der Waals surface area (Å²) >= 11 is 0. The van der Waals surface area contributed by atoms with Crippen molar-refractivity contribution in [2.24, 2.45) is 9.98 Å². The van der Waals surface area contributed by atoms with Crippen LogP contribution in [0.15, 0.2) is 107 Å². The fourth-order valence-electron chi connectivity index (χ4n) is 4.91. The summed E-state index contributed by atoms with van der Waals surface area (Å²) in [6.07, 6.45) is 2.35. The SMILES string of the molecule is Oc1c(F)cc(F)cc1C=Nc1ccc2ccccc2c1-c1c(N=Cc2cc(F)cc(F)c2O)ccc2ccccc12.[Co]. The number of hydrogen-bond donors (Lipinski definition) is 2. The Morgan fingerprint density at radius 1 is 0.512 bits per heavy atom. The molecule has 6 aromatic carbocycles. The van der Waals surface area contributed by atoms with Gasteiger partial charge in [-0.2, -0.15) is 0 Å². The third-order valence-electron chi connectivity index (χ3n) is 6.86. The minimum Gasteiger partial charge on any atom is -0.504 e. The van der Waals surface area contributed by atoms with E-state index in [1.54, 1.807) is 12.1 Å². The van der Waals surface area contributed by atoms with Gasteiger partial charge in [-0.15, -0.1) is 0 Å². The third kappa shape index (κ3) is 5.72. The number of phenolic OH excluding ortho intramolecular Hbond substituents is 2. The van der Waals surface area contributed by atoms with Crippen LogP contribution in [0.3, 0.4) is 0 Å². The molecule has 6 aromatic rings. The molecule has 43 heavy (non-hydrogen) atoms. The smallest absolute Gasteiger partial charge is 0.168 e. The van der Waals surface area contributed by atoms with E-state index in [2.05, 4.69) is 9.98 Å². The molecule has 0 fully saturated rings. The summed E-state index contributed by atoms with van der Waals surface area (Å²) in [6, 6.07) is 25.4. The molecule has 0 aliphatic carbocycles. The number of aromatic hydroxyl groups is 2. The molecule has 0 atom stereocenters. The number of fused-ring (bicyclic) bond motifs is 2. The zero-order chi connectivity index (χ0) is 29.4. The van der Waals surface area contributed by atoms with E-state index in [0.29, 0.717) is 34.6 Å². The molecule has 0 saturated carbocycles. The normalized spacial score (nSPS) is 11.5. The van der Waals surface area contributed by atoms with Gasteiger partial charge in [0.1, 0.15) is 11.6 Å².